The van der Waals surface area contributed by atoms with E-state index in [1.54, 1.807) is 6.08 Å². The van der Waals surface area contributed by atoms with Gasteiger partial charge in [-0.2, -0.15) is 0 Å². The predicted molar refractivity (Wildman–Crippen MR) is 65.1 cm³/mol. The van der Waals surface area contributed by atoms with Crippen molar-refractivity contribution in [2.24, 2.45) is 0 Å². The highest BCUT2D eigenvalue weighted by molar-refractivity contribution is 6.06. The summed E-state index contributed by atoms with van der Waals surface area (Å²) in [5, 5.41) is 0. The van der Waals surface area contributed by atoms with Gasteiger partial charge in [0.2, 0.25) is 0 Å². The first-order valence-corrected chi connectivity index (χ1v) is 5.10. The average molecular weight is 207 g/mol. The molecule has 0 saturated carbocycles. The number of hydrogen-bond acceptors (Lipinski definition) is 1. The van der Waals surface area contributed by atoms with Crippen LogP contribution in [0.4, 0.5) is 0 Å². The topological polar surface area (TPSA) is 17.1 Å². The summed E-state index contributed by atoms with van der Waals surface area (Å²) < 4.78 is 0. The molecule has 16 heavy (non-hydrogen) atoms. The van der Waals surface area contributed by atoms with Crippen molar-refractivity contribution < 1.29 is 4.79 Å². The molecule has 0 aliphatic carbocycles. The summed E-state index contributed by atoms with van der Waals surface area (Å²) in [6.45, 7) is 0. The molecule has 0 heterocycles. The average Bonchev–Trinajstić information content (AvgIpc) is 2.38. The Bertz CT molecular complexity index is 483. The first kappa shape index (κ1) is 10.4. The van der Waals surface area contributed by atoms with Gasteiger partial charge in [-0.15, -0.1) is 0 Å². The maximum atomic E-state index is 11.7. The number of hydrogen-bond donors (Lipinski definition) is 0. The summed E-state index contributed by atoms with van der Waals surface area (Å²) in [7, 11) is 0. The molecule has 1 radical (unpaired) electrons. The molecule has 1 heteroatoms. The molecule has 0 amide bonds. The van der Waals surface area contributed by atoms with E-state index in [1.807, 2.05) is 60.7 Å². The summed E-state index contributed by atoms with van der Waals surface area (Å²) in [6.07, 6.45) is 3.40. The fourth-order valence-electron chi connectivity index (χ4n) is 1.38. The van der Waals surface area contributed by atoms with Gasteiger partial charge in [0.1, 0.15) is 0 Å². The zero-order valence-corrected chi connectivity index (χ0v) is 8.76. The second kappa shape index (κ2) is 5.08. The fraction of sp³-hybridized carbons (Fsp3) is 0. The zero-order valence-electron chi connectivity index (χ0n) is 8.76. The number of allylic oxidation sites excluding steroid dienone is 1. The molecule has 2 aromatic carbocycles. The van der Waals surface area contributed by atoms with Crippen molar-refractivity contribution in [3.63, 3.8) is 0 Å². The number of carbonyl (C=O) groups is 1. The Labute approximate surface area is 95.1 Å². The minimum absolute atomic E-state index is 0.0217. The van der Waals surface area contributed by atoms with Crippen LogP contribution in [0.2, 0.25) is 0 Å². The van der Waals surface area contributed by atoms with Gasteiger partial charge in [-0.05, 0) is 17.7 Å². The molecule has 2 aromatic rings. The normalized spacial score (nSPS) is 10.5. The smallest absolute Gasteiger partial charge is 0.185 e. The molecule has 0 bridgehead atoms. The van der Waals surface area contributed by atoms with Gasteiger partial charge in [-0.1, -0.05) is 60.7 Å². The van der Waals surface area contributed by atoms with E-state index in [-0.39, 0.29) is 5.78 Å². The Kier molecular flexibility index (Phi) is 3.29. The molecule has 0 aliphatic rings. The van der Waals surface area contributed by atoms with E-state index in [4.69, 9.17) is 0 Å². The van der Waals surface area contributed by atoms with Crippen molar-refractivity contribution in [2.75, 3.05) is 0 Å². The predicted octanol–water partition coefficient (Wildman–Crippen LogP) is 3.38. The number of benzene rings is 2. The highest BCUT2D eigenvalue weighted by Gasteiger charge is 1.98. The minimum atomic E-state index is 0.0217. The molecule has 0 aliphatic heterocycles. The van der Waals surface area contributed by atoms with E-state index < -0.39 is 0 Å². The van der Waals surface area contributed by atoms with Crippen LogP contribution in [0.15, 0.2) is 60.7 Å². The third kappa shape index (κ3) is 2.67. The van der Waals surface area contributed by atoms with Gasteiger partial charge in [0.15, 0.2) is 5.78 Å². The van der Waals surface area contributed by atoms with Gasteiger partial charge < -0.3 is 0 Å². The Morgan fingerprint density at radius 2 is 1.69 bits per heavy atom. The van der Waals surface area contributed by atoms with Crippen LogP contribution in [-0.4, -0.2) is 5.78 Å². The lowest BCUT2D eigenvalue weighted by atomic mass is 10.1. The molecular weight excluding hydrogens is 196 g/mol. The van der Waals surface area contributed by atoms with Gasteiger partial charge >= 0.3 is 0 Å². The zero-order chi connectivity index (χ0) is 11.2. The molecule has 1 nitrogen and oxygen atoms in total. The van der Waals surface area contributed by atoms with Crippen LogP contribution in [0.1, 0.15) is 15.9 Å². The van der Waals surface area contributed by atoms with Gasteiger partial charge in [0, 0.05) is 5.56 Å². The molecule has 77 valence electrons. The molecule has 0 spiro atoms. The molecule has 0 N–H and O–H groups in total. The van der Waals surface area contributed by atoms with Crippen molar-refractivity contribution in [3.05, 3.63) is 77.9 Å². The third-order valence-electron chi connectivity index (χ3n) is 2.23. The number of carbonyl (C=O) groups excluding carboxylic acids is 1. The van der Waals surface area contributed by atoms with Crippen molar-refractivity contribution in [1.29, 1.82) is 0 Å². The van der Waals surface area contributed by atoms with E-state index in [9.17, 15) is 4.79 Å². The Balaban J connectivity index is 2.12. The molecule has 0 fully saturated rings. The highest BCUT2D eigenvalue weighted by Crippen LogP contribution is 2.04. The maximum Gasteiger partial charge on any atom is 0.185 e. The molecule has 0 atom stereocenters. The van der Waals surface area contributed by atoms with Crippen LogP contribution in [0, 0.1) is 6.07 Å². The summed E-state index contributed by atoms with van der Waals surface area (Å²) >= 11 is 0. The van der Waals surface area contributed by atoms with E-state index >= 15 is 0 Å². The van der Waals surface area contributed by atoms with Crippen molar-refractivity contribution in [3.8, 4) is 0 Å². The molecule has 0 unspecified atom stereocenters. The summed E-state index contributed by atoms with van der Waals surface area (Å²) in [6, 6.07) is 19.6. The van der Waals surface area contributed by atoms with E-state index in [0.29, 0.717) is 5.56 Å². The third-order valence-corrected chi connectivity index (χ3v) is 2.23. The van der Waals surface area contributed by atoms with Gasteiger partial charge in [0.25, 0.3) is 0 Å². The Morgan fingerprint density at radius 3 is 2.38 bits per heavy atom. The molecule has 2 rings (SSSR count). The number of ketones is 1. The van der Waals surface area contributed by atoms with Gasteiger partial charge in [0.05, 0.1) is 0 Å². The quantitative estimate of drug-likeness (QED) is 0.557. The lowest BCUT2D eigenvalue weighted by Gasteiger charge is -1.94. The SMILES string of the molecule is O=C(/C=C/c1cc[c]cc1)c1ccccc1. The molecule has 0 saturated heterocycles. The standard InChI is InChI=1S/C15H11O/c16-15(14-9-5-2-6-10-14)12-11-13-7-3-1-4-8-13/h2-12H/b12-11+. The van der Waals surface area contributed by atoms with Crippen LogP contribution in [0.3, 0.4) is 0 Å². The molecular formula is C15H11O. The van der Waals surface area contributed by atoms with Crippen LogP contribution >= 0.6 is 0 Å². The van der Waals surface area contributed by atoms with Crippen LogP contribution in [-0.2, 0) is 0 Å². The van der Waals surface area contributed by atoms with Crippen molar-refractivity contribution in [2.45, 2.75) is 0 Å². The number of rotatable bonds is 3. The van der Waals surface area contributed by atoms with Crippen LogP contribution < -0.4 is 0 Å². The summed E-state index contributed by atoms with van der Waals surface area (Å²) in [5.74, 6) is 0.0217. The Hall–Kier alpha value is -2.15. The van der Waals surface area contributed by atoms with E-state index in [1.165, 1.54) is 0 Å². The van der Waals surface area contributed by atoms with Crippen molar-refractivity contribution in [1.82, 2.24) is 0 Å². The second-order valence-corrected chi connectivity index (χ2v) is 3.40. The van der Waals surface area contributed by atoms with Gasteiger partial charge in [-0.25, -0.2) is 0 Å². The largest absolute Gasteiger partial charge is 0.289 e. The monoisotopic (exact) mass is 207 g/mol. The first-order chi connectivity index (χ1) is 7.86. The lowest BCUT2D eigenvalue weighted by Crippen LogP contribution is -1.92. The van der Waals surface area contributed by atoms with Crippen LogP contribution in [0.25, 0.3) is 6.08 Å². The summed E-state index contributed by atoms with van der Waals surface area (Å²) in [5.41, 5.74) is 1.71. The first-order valence-electron chi connectivity index (χ1n) is 5.10. The van der Waals surface area contributed by atoms with E-state index in [0.717, 1.165) is 5.56 Å². The fourth-order valence-corrected chi connectivity index (χ4v) is 1.38. The Morgan fingerprint density at radius 1 is 1.00 bits per heavy atom. The highest BCUT2D eigenvalue weighted by atomic mass is 16.1. The van der Waals surface area contributed by atoms with Crippen molar-refractivity contribution >= 4 is 11.9 Å². The molecule has 0 aromatic heterocycles. The maximum absolute atomic E-state index is 11.7. The van der Waals surface area contributed by atoms with Crippen LogP contribution in [0.5, 0.6) is 0 Å². The van der Waals surface area contributed by atoms with E-state index in [2.05, 4.69) is 6.07 Å². The minimum Gasteiger partial charge on any atom is -0.289 e. The summed E-state index contributed by atoms with van der Waals surface area (Å²) in [4.78, 5) is 11.7. The lowest BCUT2D eigenvalue weighted by molar-refractivity contribution is 0.104. The second-order valence-electron chi connectivity index (χ2n) is 3.40. The van der Waals surface area contributed by atoms with Gasteiger partial charge in [-0.3, -0.25) is 4.79 Å².